The molecule has 1 aromatic carbocycles. The standard InChI is InChI=1S/C15H14BrClN2O/c1-2-14(10-3-5-11(16)6-4-10)19-15(20)12-9-18-8-7-13(12)17/h3-9,14H,2H2,1H3,(H,19,20). The largest absolute Gasteiger partial charge is 0.345 e. The molecule has 1 heterocycles. The van der Waals surface area contributed by atoms with Gasteiger partial charge in [-0.15, -0.1) is 0 Å². The molecule has 2 rings (SSSR count). The summed E-state index contributed by atoms with van der Waals surface area (Å²) in [4.78, 5) is 16.2. The Balaban J connectivity index is 2.16. The fourth-order valence-corrected chi connectivity index (χ4v) is 2.35. The predicted octanol–water partition coefficient (Wildman–Crippen LogP) is 4.38. The van der Waals surface area contributed by atoms with E-state index in [0.717, 1.165) is 16.5 Å². The van der Waals surface area contributed by atoms with Gasteiger partial charge in [-0.05, 0) is 30.2 Å². The number of halogens is 2. The van der Waals surface area contributed by atoms with Gasteiger partial charge in [-0.3, -0.25) is 9.78 Å². The Morgan fingerprint density at radius 3 is 2.65 bits per heavy atom. The maximum Gasteiger partial charge on any atom is 0.254 e. The molecule has 1 aromatic heterocycles. The van der Waals surface area contributed by atoms with Crippen LogP contribution in [0.2, 0.25) is 5.02 Å². The number of hydrogen-bond acceptors (Lipinski definition) is 2. The molecule has 20 heavy (non-hydrogen) atoms. The molecule has 0 saturated heterocycles. The van der Waals surface area contributed by atoms with Crippen LogP contribution in [-0.4, -0.2) is 10.9 Å². The number of nitrogens with zero attached hydrogens (tertiary/aromatic N) is 1. The van der Waals surface area contributed by atoms with Crippen molar-refractivity contribution in [3.63, 3.8) is 0 Å². The van der Waals surface area contributed by atoms with Gasteiger partial charge in [-0.2, -0.15) is 0 Å². The fourth-order valence-electron chi connectivity index (χ4n) is 1.90. The monoisotopic (exact) mass is 352 g/mol. The van der Waals surface area contributed by atoms with Crippen molar-refractivity contribution in [3.8, 4) is 0 Å². The first-order chi connectivity index (χ1) is 9.61. The highest BCUT2D eigenvalue weighted by molar-refractivity contribution is 9.10. The molecule has 0 saturated carbocycles. The Hall–Kier alpha value is -1.39. The maximum absolute atomic E-state index is 12.2. The molecular formula is C15H14BrClN2O. The minimum absolute atomic E-state index is 0.0492. The normalized spacial score (nSPS) is 11.9. The summed E-state index contributed by atoms with van der Waals surface area (Å²) in [5.74, 6) is -0.210. The van der Waals surface area contributed by atoms with E-state index in [9.17, 15) is 4.79 Å². The van der Waals surface area contributed by atoms with Gasteiger partial charge in [0.25, 0.3) is 5.91 Å². The van der Waals surface area contributed by atoms with Crippen LogP contribution in [0.5, 0.6) is 0 Å². The summed E-state index contributed by atoms with van der Waals surface area (Å²) in [6.07, 6.45) is 3.84. The minimum Gasteiger partial charge on any atom is -0.345 e. The van der Waals surface area contributed by atoms with E-state index in [1.807, 2.05) is 31.2 Å². The van der Waals surface area contributed by atoms with Crippen molar-refractivity contribution in [1.29, 1.82) is 0 Å². The molecule has 0 radical (unpaired) electrons. The Morgan fingerprint density at radius 1 is 1.35 bits per heavy atom. The zero-order chi connectivity index (χ0) is 14.5. The number of nitrogens with one attached hydrogen (secondary N) is 1. The van der Waals surface area contributed by atoms with Gasteiger partial charge in [0.1, 0.15) is 0 Å². The highest BCUT2D eigenvalue weighted by Gasteiger charge is 2.16. The first-order valence-corrected chi connectivity index (χ1v) is 7.44. The number of rotatable bonds is 4. The van der Waals surface area contributed by atoms with E-state index >= 15 is 0 Å². The highest BCUT2D eigenvalue weighted by Crippen LogP contribution is 2.21. The van der Waals surface area contributed by atoms with Gasteiger partial charge in [0.2, 0.25) is 0 Å². The van der Waals surface area contributed by atoms with Crippen molar-refractivity contribution in [3.05, 3.63) is 63.3 Å². The maximum atomic E-state index is 12.2. The average Bonchev–Trinajstić information content (AvgIpc) is 2.46. The Morgan fingerprint density at radius 2 is 2.05 bits per heavy atom. The van der Waals surface area contributed by atoms with Gasteiger partial charge >= 0.3 is 0 Å². The first-order valence-electron chi connectivity index (χ1n) is 6.27. The van der Waals surface area contributed by atoms with Crippen LogP contribution in [0.4, 0.5) is 0 Å². The quantitative estimate of drug-likeness (QED) is 0.886. The molecule has 1 N–H and O–H groups in total. The lowest BCUT2D eigenvalue weighted by Gasteiger charge is -2.18. The Labute approximate surface area is 131 Å². The Bertz CT molecular complexity index is 601. The molecule has 0 spiro atoms. The molecule has 1 amide bonds. The molecule has 0 bridgehead atoms. The van der Waals surface area contributed by atoms with Crippen molar-refractivity contribution in [2.75, 3.05) is 0 Å². The first kappa shape index (κ1) is 15.0. The second-order valence-corrected chi connectivity index (χ2v) is 5.66. The van der Waals surface area contributed by atoms with Crippen molar-refractivity contribution in [2.24, 2.45) is 0 Å². The number of hydrogen-bond donors (Lipinski definition) is 1. The van der Waals surface area contributed by atoms with Crippen LogP contribution in [0.15, 0.2) is 47.2 Å². The number of amides is 1. The third-order valence-electron chi connectivity index (χ3n) is 3.00. The number of pyridine rings is 1. The molecule has 0 aliphatic rings. The van der Waals surface area contributed by atoms with Crippen LogP contribution in [0.3, 0.4) is 0 Å². The SMILES string of the molecule is CCC(NC(=O)c1cnccc1Cl)c1ccc(Br)cc1. The van der Waals surface area contributed by atoms with E-state index in [0.29, 0.717) is 10.6 Å². The lowest BCUT2D eigenvalue weighted by molar-refractivity contribution is 0.0935. The van der Waals surface area contributed by atoms with Crippen molar-refractivity contribution in [1.82, 2.24) is 10.3 Å². The molecule has 1 unspecified atom stereocenters. The van der Waals surface area contributed by atoms with E-state index in [4.69, 9.17) is 11.6 Å². The molecule has 1 atom stereocenters. The van der Waals surface area contributed by atoms with Gasteiger partial charge in [0, 0.05) is 16.9 Å². The summed E-state index contributed by atoms with van der Waals surface area (Å²) in [5.41, 5.74) is 1.45. The second kappa shape index (κ2) is 6.86. The lowest BCUT2D eigenvalue weighted by atomic mass is 10.0. The van der Waals surface area contributed by atoms with E-state index in [1.165, 1.54) is 6.20 Å². The summed E-state index contributed by atoms with van der Waals surface area (Å²) in [7, 11) is 0. The second-order valence-electron chi connectivity index (χ2n) is 4.34. The topological polar surface area (TPSA) is 42.0 Å². The predicted molar refractivity (Wildman–Crippen MR) is 83.9 cm³/mol. The van der Waals surface area contributed by atoms with Gasteiger partial charge < -0.3 is 5.32 Å². The number of carbonyl (C=O) groups is 1. The number of carbonyl (C=O) groups excluding carboxylic acids is 1. The zero-order valence-corrected chi connectivity index (χ0v) is 13.3. The van der Waals surface area contributed by atoms with E-state index in [1.54, 1.807) is 12.3 Å². The van der Waals surface area contributed by atoms with E-state index in [-0.39, 0.29) is 11.9 Å². The van der Waals surface area contributed by atoms with Gasteiger partial charge in [0.15, 0.2) is 0 Å². The van der Waals surface area contributed by atoms with E-state index in [2.05, 4.69) is 26.2 Å². The Kier molecular flexibility index (Phi) is 5.15. The lowest BCUT2D eigenvalue weighted by Crippen LogP contribution is -2.28. The summed E-state index contributed by atoms with van der Waals surface area (Å²) >= 11 is 9.41. The van der Waals surface area contributed by atoms with Crippen LogP contribution < -0.4 is 5.32 Å². The summed E-state index contributed by atoms with van der Waals surface area (Å²) < 4.78 is 1.01. The summed E-state index contributed by atoms with van der Waals surface area (Å²) in [6.45, 7) is 2.03. The molecular weight excluding hydrogens is 340 g/mol. The summed E-state index contributed by atoms with van der Waals surface area (Å²) in [6, 6.07) is 9.46. The fraction of sp³-hybridized carbons (Fsp3) is 0.200. The van der Waals surface area contributed by atoms with Gasteiger partial charge in [-0.1, -0.05) is 46.6 Å². The molecule has 0 aliphatic heterocycles. The third-order valence-corrected chi connectivity index (χ3v) is 3.86. The van der Waals surface area contributed by atoms with Crippen molar-refractivity contribution in [2.45, 2.75) is 19.4 Å². The molecule has 5 heteroatoms. The summed E-state index contributed by atoms with van der Waals surface area (Å²) in [5, 5.41) is 3.39. The van der Waals surface area contributed by atoms with Crippen LogP contribution in [0.1, 0.15) is 35.3 Å². The highest BCUT2D eigenvalue weighted by atomic mass is 79.9. The van der Waals surface area contributed by atoms with Crippen molar-refractivity contribution < 1.29 is 4.79 Å². The smallest absolute Gasteiger partial charge is 0.254 e. The number of benzene rings is 1. The molecule has 0 fully saturated rings. The van der Waals surface area contributed by atoms with Gasteiger partial charge in [-0.25, -0.2) is 0 Å². The van der Waals surface area contributed by atoms with Gasteiger partial charge in [0.05, 0.1) is 16.6 Å². The minimum atomic E-state index is -0.210. The van der Waals surface area contributed by atoms with Crippen LogP contribution in [0, 0.1) is 0 Å². The number of aromatic nitrogens is 1. The van der Waals surface area contributed by atoms with Crippen molar-refractivity contribution >= 4 is 33.4 Å². The average molecular weight is 354 g/mol. The zero-order valence-electron chi connectivity index (χ0n) is 10.9. The molecule has 0 aliphatic carbocycles. The van der Waals surface area contributed by atoms with Crippen LogP contribution >= 0.6 is 27.5 Å². The van der Waals surface area contributed by atoms with Crippen LogP contribution in [-0.2, 0) is 0 Å². The van der Waals surface area contributed by atoms with E-state index < -0.39 is 0 Å². The molecule has 2 aromatic rings. The third kappa shape index (κ3) is 3.58. The molecule has 3 nitrogen and oxygen atoms in total. The molecule has 104 valence electrons. The van der Waals surface area contributed by atoms with Crippen LogP contribution in [0.25, 0.3) is 0 Å².